The second-order valence-corrected chi connectivity index (χ2v) is 6.98. The Balaban J connectivity index is 1.60. The number of hydrogen-bond donors (Lipinski definition) is 2. The Kier molecular flexibility index (Phi) is 4.62. The number of thiazole rings is 1. The van der Waals surface area contributed by atoms with Crippen molar-refractivity contribution >= 4 is 11.3 Å². The number of aromatic amines is 1. The zero-order valence-electron chi connectivity index (χ0n) is 13.4. The first-order valence-corrected chi connectivity index (χ1v) is 9.28. The van der Waals surface area contributed by atoms with Crippen LogP contribution in [-0.2, 0) is 0 Å². The van der Waals surface area contributed by atoms with Gasteiger partial charge < -0.3 is 15.0 Å². The Morgan fingerprint density at radius 3 is 2.71 bits per heavy atom. The van der Waals surface area contributed by atoms with Gasteiger partial charge in [0.15, 0.2) is 6.10 Å². The number of aromatic nitrogens is 2. The third-order valence-electron chi connectivity index (χ3n) is 4.42. The Morgan fingerprint density at radius 2 is 1.96 bits per heavy atom. The maximum Gasteiger partial charge on any atom is 0.168 e. The van der Waals surface area contributed by atoms with Crippen LogP contribution in [0.2, 0.25) is 0 Å². The molecule has 24 heavy (non-hydrogen) atoms. The molecule has 1 atom stereocenters. The van der Waals surface area contributed by atoms with Crippen LogP contribution in [0.3, 0.4) is 0 Å². The molecule has 1 fully saturated rings. The number of rotatable bonds is 5. The zero-order chi connectivity index (χ0) is 16.2. The van der Waals surface area contributed by atoms with E-state index in [0.29, 0.717) is 5.92 Å². The summed E-state index contributed by atoms with van der Waals surface area (Å²) in [7, 11) is 0. The van der Waals surface area contributed by atoms with E-state index >= 15 is 0 Å². The van der Waals surface area contributed by atoms with E-state index in [1.807, 2.05) is 42.7 Å². The van der Waals surface area contributed by atoms with Crippen LogP contribution in [0.1, 0.15) is 41.1 Å². The number of nitrogens with zero attached hydrogens (tertiary/aromatic N) is 1. The van der Waals surface area contributed by atoms with Gasteiger partial charge >= 0.3 is 0 Å². The number of ether oxygens (including phenoxy) is 1. The van der Waals surface area contributed by atoms with Crippen LogP contribution in [0.25, 0.3) is 0 Å². The molecule has 0 aliphatic carbocycles. The maximum absolute atomic E-state index is 6.26. The molecule has 2 aromatic heterocycles. The van der Waals surface area contributed by atoms with Crippen molar-refractivity contribution < 1.29 is 4.74 Å². The molecule has 3 heterocycles. The minimum Gasteiger partial charge on any atom is -0.479 e. The van der Waals surface area contributed by atoms with Crippen molar-refractivity contribution in [2.75, 3.05) is 13.1 Å². The van der Waals surface area contributed by atoms with Crippen LogP contribution < -0.4 is 10.1 Å². The van der Waals surface area contributed by atoms with Gasteiger partial charge in [-0.15, -0.1) is 11.3 Å². The van der Waals surface area contributed by atoms with Crippen LogP contribution in [0, 0.1) is 0 Å². The fraction of sp³-hybridized carbons (Fsp3) is 0.316. The summed E-state index contributed by atoms with van der Waals surface area (Å²) in [6.07, 6.45) is 6.07. The summed E-state index contributed by atoms with van der Waals surface area (Å²) in [6.45, 7) is 2.17. The van der Waals surface area contributed by atoms with Gasteiger partial charge in [-0.1, -0.05) is 18.2 Å². The average Bonchev–Trinajstić information content (AvgIpc) is 3.34. The molecule has 1 aliphatic heterocycles. The fourth-order valence-corrected chi connectivity index (χ4v) is 4.12. The molecule has 5 heteroatoms. The van der Waals surface area contributed by atoms with Crippen LogP contribution in [-0.4, -0.2) is 23.1 Å². The van der Waals surface area contributed by atoms with E-state index in [9.17, 15) is 0 Å². The second-order valence-electron chi connectivity index (χ2n) is 6.09. The first-order valence-electron chi connectivity index (χ1n) is 8.40. The van der Waals surface area contributed by atoms with Gasteiger partial charge in [0.05, 0.1) is 10.7 Å². The Hall–Kier alpha value is -2.11. The van der Waals surface area contributed by atoms with Gasteiger partial charge in [-0.05, 0) is 44.1 Å². The standard InChI is InChI=1S/C19H21N3OS/c1-2-4-16(5-3-1)23-18(15-8-11-21-12-15)17-13-24-19(22-17)14-6-9-20-10-7-14/h1-5,8,11-14,18,20-21H,6-7,9-10H2. The summed E-state index contributed by atoms with van der Waals surface area (Å²) in [5.41, 5.74) is 2.10. The molecule has 4 nitrogen and oxygen atoms in total. The smallest absolute Gasteiger partial charge is 0.168 e. The van der Waals surface area contributed by atoms with Crippen LogP contribution in [0.5, 0.6) is 5.75 Å². The lowest BCUT2D eigenvalue weighted by Gasteiger charge is -2.20. The first-order chi connectivity index (χ1) is 11.9. The largest absolute Gasteiger partial charge is 0.479 e. The molecule has 0 radical (unpaired) electrons. The van der Waals surface area contributed by atoms with Gasteiger partial charge in [-0.3, -0.25) is 0 Å². The number of H-pyrrole nitrogens is 1. The van der Waals surface area contributed by atoms with Crippen LogP contribution in [0.4, 0.5) is 0 Å². The van der Waals surface area contributed by atoms with Gasteiger partial charge in [-0.2, -0.15) is 0 Å². The Labute approximate surface area is 145 Å². The quantitative estimate of drug-likeness (QED) is 0.735. The minimum absolute atomic E-state index is 0.176. The van der Waals surface area contributed by atoms with Crippen molar-refractivity contribution in [2.45, 2.75) is 24.9 Å². The summed E-state index contributed by atoms with van der Waals surface area (Å²) in [5.74, 6) is 1.44. The molecular formula is C19H21N3OS. The number of piperidine rings is 1. The lowest BCUT2D eigenvalue weighted by atomic mass is 9.99. The van der Waals surface area contributed by atoms with Crippen LogP contribution >= 0.6 is 11.3 Å². The van der Waals surface area contributed by atoms with Crippen molar-refractivity contribution in [2.24, 2.45) is 0 Å². The van der Waals surface area contributed by atoms with Gasteiger partial charge in [0, 0.05) is 29.3 Å². The number of hydrogen-bond acceptors (Lipinski definition) is 4. The molecule has 1 unspecified atom stereocenters. The van der Waals surface area contributed by atoms with Crippen molar-refractivity contribution in [1.29, 1.82) is 0 Å². The molecule has 3 aromatic rings. The molecule has 0 saturated carbocycles. The molecule has 2 N–H and O–H groups in total. The van der Waals surface area contributed by atoms with Crippen molar-refractivity contribution in [1.82, 2.24) is 15.3 Å². The van der Waals surface area contributed by atoms with E-state index in [1.165, 1.54) is 17.8 Å². The summed E-state index contributed by atoms with van der Waals surface area (Å²) in [6, 6.07) is 12.0. The summed E-state index contributed by atoms with van der Waals surface area (Å²) in [5, 5.41) is 6.81. The predicted molar refractivity (Wildman–Crippen MR) is 96.7 cm³/mol. The lowest BCUT2D eigenvalue weighted by Crippen LogP contribution is -2.26. The molecule has 1 aliphatic rings. The molecule has 0 spiro atoms. The fourth-order valence-electron chi connectivity index (χ4n) is 3.11. The molecule has 0 bridgehead atoms. The first kappa shape index (κ1) is 15.4. The van der Waals surface area contributed by atoms with Crippen LogP contribution in [0.15, 0.2) is 54.2 Å². The normalized spacial score (nSPS) is 16.8. The molecular weight excluding hydrogens is 318 g/mol. The minimum atomic E-state index is -0.176. The number of para-hydroxylation sites is 1. The molecule has 1 aromatic carbocycles. The predicted octanol–water partition coefficient (Wildman–Crippen LogP) is 4.11. The van der Waals surface area contributed by atoms with E-state index in [1.54, 1.807) is 11.3 Å². The van der Waals surface area contributed by atoms with E-state index in [0.717, 1.165) is 30.1 Å². The highest BCUT2D eigenvalue weighted by molar-refractivity contribution is 7.09. The second kappa shape index (κ2) is 7.20. The van der Waals surface area contributed by atoms with Gasteiger partial charge in [0.1, 0.15) is 5.75 Å². The van der Waals surface area contributed by atoms with Crippen molar-refractivity contribution in [3.8, 4) is 5.75 Å². The van der Waals surface area contributed by atoms with E-state index in [2.05, 4.69) is 21.7 Å². The Morgan fingerprint density at radius 1 is 1.12 bits per heavy atom. The average molecular weight is 339 g/mol. The number of nitrogens with one attached hydrogen (secondary N) is 2. The summed E-state index contributed by atoms with van der Waals surface area (Å²) in [4.78, 5) is 8.06. The topological polar surface area (TPSA) is 49.9 Å². The van der Waals surface area contributed by atoms with E-state index < -0.39 is 0 Å². The van der Waals surface area contributed by atoms with Gasteiger partial charge in [0.2, 0.25) is 0 Å². The highest BCUT2D eigenvalue weighted by Gasteiger charge is 2.23. The van der Waals surface area contributed by atoms with Crippen molar-refractivity contribution in [3.05, 3.63) is 70.4 Å². The highest BCUT2D eigenvalue weighted by atomic mass is 32.1. The number of benzene rings is 1. The highest BCUT2D eigenvalue weighted by Crippen LogP contribution is 2.33. The van der Waals surface area contributed by atoms with Crippen molar-refractivity contribution in [3.63, 3.8) is 0 Å². The monoisotopic (exact) mass is 339 g/mol. The maximum atomic E-state index is 6.26. The molecule has 1 saturated heterocycles. The molecule has 0 amide bonds. The SMILES string of the molecule is c1ccc(OC(c2cc[nH]c2)c2csc(C3CCNCC3)n2)cc1. The zero-order valence-corrected chi connectivity index (χ0v) is 14.3. The summed E-state index contributed by atoms with van der Waals surface area (Å²) < 4.78 is 6.26. The van der Waals surface area contributed by atoms with Gasteiger partial charge in [-0.25, -0.2) is 4.98 Å². The Bertz CT molecular complexity index is 748. The third kappa shape index (κ3) is 3.37. The molecule has 124 valence electrons. The molecule has 4 rings (SSSR count). The van der Waals surface area contributed by atoms with Gasteiger partial charge in [0.25, 0.3) is 0 Å². The summed E-state index contributed by atoms with van der Waals surface area (Å²) >= 11 is 1.76. The van der Waals surface area contributed by atoms with E-state index in [-0.39, 0.29) is 6.10 Å². The third-order valence-corrected chi connectivity index (χ3v) is 5.44. The lowest BCUT2D eigenvalue weighted by molar-refractivity contribution is 0.243. The van der Waals surface area contributed by atoms with E-state index in [4.69, 9.17) is 9.72 Å².